The molecule has 6 nitrogen and oxygen atoms in total. The minimum atomic E-state index is -1.33. The number of nitrogens with zero attached hydrogens (tertiary/aromatic N) is 1. The number of nitrogens with one attached hydrogen (secondary N) is 1. The molecule has 0 aliphatic heterocycles. The monoisotopic (exact) mass is 304 g/mol. The highest BCUT2D eigenvalue weighted by atomic mass is 32.2. The quantitative estimate of drug-likeness (QED) is 0.496. The number of benzene rings is 2. The Morgan fingerprint density at radius 3 is 2.62 bits per heavy atom. The van der Waals surface area contributed by atoms with Crippen molar-refractivity contribution in [3.05, 3.63) is 58.1 Å². The van der Waals surface area contributed by atoms with Gasteiger partial charge in [-0.15, -0.1) is 11.8 Å². The SMILES string of the molecule is CSc1ccccc1Nc1ccc([N+](=O)[O-])c(C(=O)O)c1. The van der Waals surface area contributed by atoms with Crippen molar-refractivity contribution in [2.45, 2.75) is 4.90 Å². The number of carbonyl (C=O) groups is 1. The molecule has 0 saturated heterocycles. The van der Waals surface area contributed by atoms with E-state index in [2.05, 4.69) is 5.32 Å². The third kappa shape index (κ3) is 3.32. The highest BCUT2D eigenvalue weighted by Crippen LogP contribution is 2.30. The number of aromatic carboxylic acids is 1. The molecule has 7 heteroatoms. The second-order valence-electron chi connectivity index (χ2n) is 4.12. The summed E-state index contributed by atoms with van der Waals surface area (Å²) in [7, 11) is 0. The molecule has 2 rings (SSSR count). The third-order valence-corrected chi connectivity index (χ3v) is 3.61. The number of anilines is 2. The van der Waals surface area contributed by atoms with E-state index in [9.17, 15) is 14.9 Å². The molecule has 0 atom stereocenters. The molecule has 2 N–H and O–H groups in total. The van der Waals surface area contributed by atoms with Crippen molar-refractivity contribution in [1.29, 1.82) is 0 Å². The Balaban J connectivity index is 2.39. The molecule has 0 radical (unpaired) electrons. The number of carboxylic acids is 1. The lowest BCUT2D eigenvalue weighted by Gasteiger charge is -2.11. The zero-order valence-electron chi connectivity index (χ0n) is 11.1. The third-order valence-electron chi connectivity index (χ3n) is 2.81. The van der Waals surface area contributed by atoms with Gasteiger partial charge in [-0.1, -0.05) is 12.1 Å². The number of hydrogen-bond acceptors (Lipinski definition) is 5. The zero-order valence-corrected chi connectivity index (χ0v) is 11.9. The fourth-order valence-electron chi connectivity index (χ4n) is 1.85. The van der Waals surface area contributed by atoms with Crippen LogP contribution < -0.4 is 5.32 Å². The highest BCUT2D eigenvalue weighted by Gasteiger charge is 2.20. The summed E-state index contributed by atoms with van der Waals surface area (Å²) in [5.41, 5.74) is 0.535. The Labute approximate surface area is 125 Å². The Morgan fingerprint density at radius 1 is 1.29 bits per heavy atom. The first-order chi connectivity index (χ1) is 10.0. The topological polar surface area (TPSA) is 92.5 Å². The summed E-state index contributed by atoms with van der Waals surface area (Å²) < 4.78 is 0. The summed E-state index contributed by atoms with van der Waals surface area (Å²) in [5.74, 6) is -1.33. The number of rotatable bonds is 5. The van der Waals surface area contributed by atoms with Gasteiger partial charge in [0.15, 0.2) is 0 Å². The van der Waals surface area contributed by atoms with E-state index < -0.39 is 16.6 Å². The van der Waals surface area contributed by atoms with E-state index in [-0.39, 0.29) is 5.56 Å². The maximum atomic E-state index is 11.1. The van der Waals surface area contributed by atoms with Crippen LogP contribution >= 0.6 is 11.8 Å². The van der Waals surface area contributed by atoms with E-state index >= 15 is 0 Å². The summed E-state index contributed by atoms with van der Waals surface area (Å²) in [6.07, 6.45) is 1.93. The lowest BCUT2D eigenvalue weighted by molar-refractivity contribution is -0.385. The predicted octanol–water partition coefficient (Wildman–Crippen LogP) is 3.76. The number of hydrogen-bond donors (Lipinski definition) is 2. The van der Waals surface area contributed by atoms with Crippen LogP contribution in [0.4, 0.5) is 17.1 Å². The first kappa shape index (κ1) is 14.9. The minimum absolute atomic E-state index is 0.341. The Bertz CT molecular complexity index is 703. The van der Waals surface area contributed by atoms with Crippen LogP contribution in [0, 0.1) is 10.1 Å². The first-order valence-corrected chi connectivity index (χ1v) is 7.17. The van der Waals surface area contributed by atoms with Gasteiger partial charge in [0, 0.05) is 16.6 Å². The molecule has 0 aliphatic rings. The molecule has 0 bridgehead atoms. The van der Waals surface area contributed by atoms with E-state index in [4.69, 9.17) is 5.11 Å². The first-order valence-electron chi connectivity index (χ1n) is 5.94. The van der Waals surface area contributed by atoms with Gasteiger partial charge in [0.1, 0.15) is 5.56 Å². The van der Waals surface area contributed by atoms with Crippen molar-refractivity contribution in [2.75, 3.05) is 11.6 Å². The molecule has 2 aromatic rings. The molecule has 0 amide bonds. The Hall–Kier alpha value is -2.54. The van der Waals surface area contributed by atoms with Gasteiger partial charge < -0.3 is 10.4 Å². The van der Waals surface area contributed by atoms with Gasteiger partial charge in [0.2, 0.25) is 0 Å². The summed E-state index contributed by atoms with van der Waals surface area (Å²) in [4.78, 5) is 22.2. The van der Waals surface area contributed by atoms with E-state index in [0.29, 0.717) is 5.69 Å². The highest BCUT2D eigenvalue weighted by molar-refractivity contribution is 7.98. The van der Waals surface area contributed by atoms with Crippen molar-refractivity contribution >= 4 is 34.8 Å². The molecule has 0 heterocycles. The van der Waals surface area contributed by atoms with E-state index in [0.717, 1.165) is 10.6 Å². The van der Waals surface area contributed by atoms with E-state index in [1.807, 2.05) is 30.5 Å². The standard InChI is InChI=1S/C14H12N2O4S/c1-21-13-5-3-2-4-11(13)15-9-6-7-12(16(19)20)10(8-9)14(17)18/h2-8,15H,1H3,(H,17,18). The van der Waals surface area contributed by atoms with Gasteiger partial charge in [0.25, 0.3) is 5.69 Å². The lowest BCUT2D eigenvalue weighted by Crippen LogP contribution is -2.04. The van der Waals surface area contributed by atoms with Crippen LogP contribution in [0.3, 0.4) is 0 Å². The normalized spacial score (nSPS) is 10.1. The van der Waals surface area contributed by atoms with Crippen LogP contribution in [0.2, 0.25) is 0 Å². The second kappa shape index (κ2) is 6.27. The molecule has 2 aromatic carbocycles. The maximum Gasteiger partial charge on any atom is 0.342 e. The van der Waals surface area contributed by atoms with Gasteiger partial charge in [0.05, 0.1) is 10.6 Å². The maximum absolute atomic E-state index is 11.1. The Morgan fingerprint density at radius 2 is 2.00 bits per heavy atom. The fourth-order valence-corrected chi connectivity index (χ4v) is 2.40. The number of nitro groups is 1. The molecular formula is C14H12N2O4S. The number of carboxylic acid groups (broad SMARTS) is 1. The van der Waals surface area contributed by atoms with Gasteiger partial charge in [-0.3, -0.25) is 10.1 Å². The van der Waals surface area contributed by atoms with Crippen LogP contribution in [-0.2, 0) is 0 Å². The van der Waals surface area contributed by atoms with Crippen LogP contribution in [0.25, 0.3) is 0 Å². The zero-order chi connectivity index (χ0) is 15.4. The van der Waals surface area contributed by atoms with Crippen molar-refractivity contribution in [1.82, 2.24) is 0 Å². The van der Waals surface area contributed by atoms with Crippen molar-refractivity contribution in [3.63, 3.8) is 0 Å². The molecule has 21 heavy (non-hydrogen) atoms. The van der Waals surface area contributed by atoms with E-state index in [1.165, 1.54) is 18.2 Å². The van der Waals surface area contributed by atoms with Gasteiger partial charge >= 0.3 is 5.97 Å². The van der Waals surface area contributed by atoms with Crippen molar-refractivity contribution in [3.8, 4) is 0 Å². The summed E-state index contributed by atoms with van der Waals surface area (Å²) >= 11 is 1.55. The van der Waals surface area contributed by atoms with Crippen LogP contribution in [0.15, 0.2) is 47.4 Å². The summed E-state index contributed by atoms with van der Waals surface area (Å²) in [6.45, 7) is 0. The van der Waals surface area contributed by atoms with Gasteiger partial charge in [-0.2, -0.15) is 0 Å². The fraction of sp³-hybridized carbons (Fsp3) is 0.0714. The molecule has 0 aromatic heterocycles. The van der Waals surface area contributed by atoms with E-state index in [1.54, 1.807) is 11.8 Å². The molecule has 0 unspecified atom stereocenters. The molecular weight excluding hydrogens is 292 g/mol. The number of nitro benzene ring substituents is 1. The smallest absolute Gasteiger partial charge is 0.342 e. The molecule has 108 valence electrons. The van der Waals surface area contributed by atoms with Gasteiger partial charge in [-0.25, -0.2) is 4.79 Å². The van der Waals surface area contributed by atoms with Crippen LogP contribution in [0.1, 0.15) is 10.4 Å². The minimum Gasteiger partial charge on any atom is -0.477 e. The summed E-state index contributed by atoms with van der Waals surface area (Å²) in [6, 6.07) is 11.5. The largest absolute Gasteiger partial charge is 0.477 e. The van der Waals surface area contributed by atoms with Crippen molar-refractivity contribution in [2.24, 2.45) is 0 Å². The van der Waals surface area contributed by atoms with Crippen LogP contribution in [-0.4, -0.2) is 22.3 Å². The average Bonchev–Trinajstić information content (AvgIpc) is 2.47. The molecule has 0 fully saturated rings. The average molecular weight is 304 g/mol. The second-order valence-corrected chi connectivity index (χ2v) is 4.97. The number of para-hydroxylation sites is 1. The summed E-state index contributed by atoms with van der Waals surface area (Å²) in [5, 5.41) is 23.0. The predicted molar refractivity (Wildman–Crippen MR) is 81.6 cm³/mol. The molecule has 0 spiro atoms. The molecule has 0 aliphatic carbocycles. The lowest BCUT2D eigenvalue weighted by atomic mass is 10.1. The van der Waals surface area contributed by atoms with Crippen LogP contribution in [0.5, 0.6) is 0 Å². The van der Waals surface area contributed by atoms with Crippen molar-refractivity contribution < 1.29 is 14.8 Å². The molecule has 0 saturated carbocycles. The van der Waals surface area contributed by atoms with Gasteiger partial charge in [-0.05, 0) is 30.5 Å². The Kier molecular flexibility index (Phi) is 4.44. The number of thioether (sulfide) groups is 1.